The number of aromatic nitrogens is 4. The molecule has 0 bridgehead atoms. The summed E-state index contributed by atoms with van der Waals surface area (Å²) in [5, 5.41) is 12.0. The van der Waals surface area contributed by atoms with Crippen molar-refractivity contribution in [1.82, 2.24) is 30.2 Å². The van der Waals surface area contributed by atoms with Crippen LogP contribution < -0.4 is 10.9 Å². The summed E-state index contributed by atoms with van der Waals surface area (Å²) in [6, 6.07) is 13.3. The van der Waals surface area contributed by atoms with Gasteiger partial charge in [-0.2, -0.15) is 0 Å². The van der Waals surface area contributed by atoms with Crippen molar-refractivity contribution in [3.63, 3.8) is 0 Å². The minimum atomic E-state index is -0.486. The quantitative estimate of drug-likeness (QED) is 0.530. The van der Waals surface area contributed by atoms with E-state index in [1.54, 1.807) is 48.7 Å². The zero-order valence-electron chi connectivity index (χ0n) is 16.5. The summed E-state index contributed by atoms with van der Waals surface area (Å²) in [7, 11) is 0. The number of piperazine rings is 1. The summed E-state index contributed by atoms with van der Waals surface area (Å²) < 4.78 is 15.4. The molecule has 0 radical (unpaired) electrons. The largest absolute Gasteiger partial charge is 0.336 e. The lowest BCUT2D eigenvalue weighted by Gasteiger charge is -2.27. The van der Waals surface area contributed by atoms with Crippen LogP contribution in [0.15, 0.2) is 59.5 Å². The molecular formula is C22H19FN6O2. The highest BCUT2D eigenvalue weighted by Gasteiger charge is 2.18. The van der Waals surface area contributed by atoms with Crippen LogP contribution in [0.3, 0.4) is 0 Å². The van der Waals surface area contributed by atoms with Gasteiger partial charge in [-0.15, -0.1) is 5.10 Å². The highest BCUT2D eigenvalue weighted by Crippen LogP contribution is 2.20. The number of fused-ring (bicyclic) bond motifs is 1. The number of pyridine rings is 1. The average molecular weight is 418 g/mol. The van der Waals surface area contributed by atoms with Crippen LogP contribution in [0.4, 0.5) is 4.39 Å². The molecule has 2 aromatic carbocycles. The summed E-state index contributed by atoms with van der Waals surface area (Å²) in [5.74, 6) is -0.484. The maximum Gasteiger partial charge on any atom is 0.258 e. The van der Waals surface area contributed by atoms with Crippen LogP contribution in [0.5, 0.6) is 0 Å². The standard InChI is InChI=1S/C22H19FN6O2/c23-18-3-1-2-15-12-17(21(30)25-20(15)18)19-13-29(27-26-19)16-6-4-14(5-7-16)22(31)28-10-8-24-9-11-28/h1-7,12-13,24H,8-11H2,(H,25,30). The Labute approximate surface area is 176 Å². The Balaban J connectivity index is 1.42. The van der Waals surface area contributed by atoms with Gasteiger partial charge < -0.3 is 15.2 Å². The number of hydrogen-bond donors (Lipinski definition) is 2. The van der Waals surface area contributed by atoms with Crippen LogP contribution in [-0.4, -0.2) is 57.0 Å². The lowest BCUT2D eigenvalue weighted by Crippen LogP contribution is -2.46. The molecule has 4 aromatic rings. The zero-order chi connectivity index (χ0) is 21.4. The topological polar surface area (TPSA) is 95.9 Å². The number of aromatic amines is 1. The fraction of sp³-hybridized carbons (Fsp3) is 0.182. The lowest BCUT2D eigenvalue weighted by atomic mass is 10.1. The van der Waals surface area contributed by atoms with E-state index < -0.39 is 11.4 Å². The number of H-pyrrole nitrogens is 1. The van der Waals surface area contributed by atoms with Gasteiger partial charge >= 0.3 is 0 Å². The van der Waals surface area contributed by atoms with E-state index in [1.165, 1.54) is 10.7 Å². The molecule has 1 saturated heterocycles. The maximum absolute atomic E-state index is 13.9. The molecule has 9 heteroatoms. The van der Waals surface area contributed by atoms with Crippen molar-refractivity contribution < 1.29 is 9.18 Å². The maximum atomic E-state index is 13.9. The number of benzene rings is 2. The van der Waals surface area contributed by atoms with Crippen molar-refractivity contribution in [1.29, 1.82) is 0 Å². The van der Waals surface area contributed by atoms with Crippen molar-refractivity contribution in [2.45, 2.75) is 0 Å². The number of amides is 1. The molecule has 2 aromatic heterocycles. The van der Waals surface area contributed by atoms with Crippen molar-refractivity contribution in [3.05, 3.63) is 76.5 Å². The first-order valence-corrected chi connectivity index (χ1v) is 9.95. The molecule has 1 aliphatic rings. The van der Waals surface area contributed by atoms with Crippen LogP contribution in [0.2, 0.25) is 0 Å². The fourth-order valence-electron chi connectivity index (χ4n) is 3.71. The number of carbonyl (C=O) groups excluding carboxylic acids is 1. The van der Waals surface area contributed by atoms with E-state index >= 15 is 0 Å². The van der Waals surface area contributed by atoms with Crippen molar-refractivity contribution in [2.24, 2.45) is 0 Å². The van der Waals surface area contributed by atoms with E-state index in [-0.39, 0.29) is 11.4 Å². The van der Waals surface area contributed by atoms with Crippen molar-refractivity contribution in [3.8, 4) is 16.9 Å². The number of halogens is 1. The van der Waals surface area contributed by atoms with Gasteiger partial charge in [0, 0.05) is 37.1 Å². The Morgan fingerprint density at radius 3 is 2.61 bits per heavy atom. The third kappa shape index (κ3) is 3.59. The second kappa shape index (κ2) is 7.77. The van der Waals surface area contributed by atoms with Crippen LogP contribution in [0.1, 0.15) is 10.4 Å². The average Bonchev–Trinajstić information content (AvgIpc) is 3.30. The predicted molar refractivity (Wildman–Crippen MR) is 114 cm³/mol. The van der Waals surface area contributed by atoms with E-state index in [0.29, 0.717) is 41.0 Å². The van der Waals surface area contributed by atoms with E-state index in [1.807, 2.05) is 4.90 Å². The number of carbonyl (C=O) groups is 1. The van der Waals surface area contributed by atoms with Crippen molar-refractivity contribution >= 4 is 16.8 Å². The third-order valence-electron chi connectivity index (χ3n) is 5.38. The molecule has 0 aliphatic carbocycles. The summed E-state index contributed by atoms with van der Waals surface area (Å²) in [5.41, 5.74) is 1.70. The van der Waals surface area contributed by atoms with Crippen molar-refractivity contribution in [2.75, 3.05) is 26.2 Å². The number of nitrogens with zero attached hydrogens (tertiary/aromatic N) is 4. The highest BCUT2D eigenvalue weighted by molar-refractivity contribution is 5.94. The molecule has 0 spiro atoms. The molecule has 1 fully saturated rings. The summed E-state index contributed by atoms with van der Waals surface area (Å²) in [6.07, 6.45) is 1.63. The fourth-order valence-corrected chi connectivity index (χ4v) is 3.71. The SMILES string of the molecule is O=C(c1ccc(-n2cc(-c3cc4cccc(F)c4[nH]c3=O)nn2)cc1)N1CCNCC1. The number of nitrogens with one attached hydrogen (secondary N) is 2. The van der Waals surface area contributed by atoms with Crippen LogP contribution in [0.25, 0.3) is 27.8 Å². The second-order valence-electron chi connectivity index (χ2n) is 7.35. The van der Waals surface area contributed by atoms with Gasteiger partial charge in [0.15, 0.2) is 0 Å². The Kier molecular flexibility index (Phi) is 4.79. The molecule has 2 N–H and O–H groups in total. The Hall–Kier alpha value is -3.85. The molecule has 1 aliphatic heterocycles. The Morgan fingerprint density at radius 1 is 1.06 bits per heavy atom. The minimum absolute atomic E-state index is 0.00209. The van der Waals surface area contributed by atoms with Crippen LogP contribution >= 0.6 is 0 Å². The Morgan fingerprint density at radius 2 is 1.84 bits per heavy atom. The van der Waals surface area contributed by atoms with E-state index in [0.717, 1.165) is 13.1 Å². The summed E-state index contributed by atoms with van der Waals surface area (Å²) >= 11 is 0. The molecule has 3 heterocycles. The Bertz CT molecular complexity index is 1320. The van der Waals surface area contributed by atoms with Gasteiger partial charge in [0.2, 0.25) is 0 Å². The number of rotatable bonds is 3. The molecular weight excluding hydrogens is 399 g/mol. The van der Waals surface area contributed by atoms with E-state index in [9.17, 15) is 14.0 Å². The molecule has 0 saturated carbocycles. The van der Waals surface area contributed by atoms with Gasteiger partial charge in [-0.3, -0.25) is 9.59 Å². The smallest absolute Gasteiger partial charge is 0.258 e. The van der Waals surface area contributed by atoms with Gasteiger partial charge in [-0.05, 0) is 36.4 Å². The summed E-state index contributed by atoms with van der Waals surface area (Å²) in [6.45, 7) is 2.98. The number of para-hydroxylation sites is 1. The van der Waals surface area contributed by atoms with Gasteiger partial charge in [0.05, 0.1) is 23.0 Å². The third-order valence-corrected chi connectivity index (χ3v) is 5.38. The molecule has 8 nitrogen and oxygen atoms in total. The van der Waals surface area contributed by atoms with Crippen LogP contribution in [0, 0.1) is 5.82 Å². The first-order chi connectivity index (χ1) is 15.1. The highest BCUT2D eigenvalue weighted by atomic mass is 19.1. The van der Waals surface area contributed by atoms with Gasteiger partial charge in [-0.25, -0.2) is 9.07 Å². The van der Waals surface area contributed by atoms with Gasteiger partial charge in [-0.1, -0.05) is 17.3 Å². The molecule has 0 atom stereocenters. The van der Waals surface area contributed by atoms with E-state index in [2.05, 4.69) is 20.6 Å². The monoisotopic (exact) mass is 418 g/mol. The molecule has 1 amide bonds. The van der Waals surface area contributed by atoms with Crippen LogP contribution in [-0.2, 0) is 0 Å². The van der Waals surface area contributed by atoms with Gasteiger partial charge in [0.25, 0.3) is 11.5 Å². The van der Waals surface area contributed by atoms with Gasteiger partial charge in [0.1, 0.15) is 11.5 Å². The predicted octanol–water partition coefficient (Wildman–Crippen LogP) is 1.96. The molecule has 31 heavy (non-hydrogen) atoms. The summed E-state index contributed by atoms with van der Waals surface area (Å²) in [4.78, 5) is 29.5. The first-order valence-electron chi connectivity index (χ1n) is 9.95. The first kappa shape index (κ1) is 19.1. The zero-order valence-corrected chi connectivity index (χ0v) is 16.5. The normalized spacial score (nSPS) is 14.2. The van der Waals surface area contributed by atoms with E-state index in [4.69, 9.17) is 0 Å². The second-order valence-corrected chi connectivity index (χ2v) is 7.35. The lowest BCUT2D eigenvalue weighted by molar-refractivity contribution is 0.0736. The minimum Gasteiger partial charge on any atom is -0.336 e. The molecule has 156 valence electrons. The molecule has 5 rings (SSSR count). The number of hydrogen-bond acceptors (Lipinski definition) is 5. The molecule has 0 unspecified atom stereocenters.